The molecule has 0 aliphatic carbocycles. The lowest BCUT2D eigenvalue weighted by Gasteiger charge is -2.31. The van der Waals surface area contributed by atoms with Crippen LogP contribution in [0.3, 0.4) is 0 Å². The normalized spacial score (nSPS) is 18.9. The fraction of sp³-hybridized carbons (Fsp3) is 1.00. The minimum Gasteiger partial charge on any atom is -0.390 e. The highest BCUT2D eigenvalue weighted by Gasteiger charge is 2.16. The first-order chi connectivity index (χ1) is 9.26. The molecule has 1 fully saturated rings. The fourth-order valence-electron chi connectivity index (χ4n) is 2.61. The van der Waals surface area contributed by atoms with Crippen molar-refractivity contribution < 1.29 is 5.11 Å². The predicted molar refractivity (Wildman–Crippen MR) is 81.6 cm³/mol. The smallest absolute Gasteiger partial charge is 0.0793 e. The summed E-state index contributed by atoms with van der Waals surface area (Å²) in [6.45, 7) is 12.7. The third kappa shape index (κ3) is 7.88. The number of rotatable bonds is 10. The molecule has 19 heavy (non-hydrogen) atoms. The number of aliphatic hydroxyl groups is 1. The van der Waals surface area contributed by atoms with Crippen LogP contribution in [0, 0.1) is 0 Å². The van der Waals surface area contributed by atoms with Crippen LogP contribution in [0.4, 0.5) is 0 Å². The Balaban J connectivity index is 2.25. The van der Waals surface area contributed by atoms with Gasteiger partial charge in [0.05, 0.1) is 6.10 Å². The molecule has 0 amide bonds. The summed E-state index contributed by atoms with van der Waals surface area (Å²) in [5, 5.41) is 13.6. The quantitative estimate of drug-likeness (QED) is 0.625. The summed E-state index contributed by atoms with van der Waals surface area (Å²) in [6.07, 6.45) is 4.74. The van der Waals surface area contributed by atoms with Crippen LogP contribution in [0.1, 0.15) is 39.5 Å². The molecule has 1 atom stereocenters. The molecule has 4 heteroatoms. The molecule has 4 nitrogen and oxygen atoms in total. The Labute approximate surface area is 119 Å². The Hall–Kier alpha value is -0.160. The first-order valence-electron chi connectivity index (χ1n) is 8.09. The van der Waals surface area contributed by atoms with Crippen molar-refractivity contribution in [2.75, 3.05) is 52.4 Å². The zero-order chi connectivity index (χ0) is 13.9. The van der Waals surface area contributed by atoms with Gasteiger partial charge in [0.25, 0.3) is 0 Å². The van der Waals surface area contributed by atoms with Gasteiger partial charge < -0.3 is 15.3 Å². The highest BCUT2D eigenvalue weighted by atomic mass is 16.3. The molecule has 0 radical (unpaired) electrons. The molecular weight excluding hydrogens is 238 g/mol. The highest BCUT2D eigenvalue weighted by molar-refractivity contribution is 4.73. The van der Waals surface area contributed by atoms with Crippen LogP contribution < -0.4 is 5.32 Å². The average molecular weight is 271 g/mol. The van der Waals surface area contributed by atoms with Gasteiger partial charge in [-0.3, -0.25) is 4.90 Å². The van der Waals surface area contributed by atoms with Crippen molar-refractivity contribution in [2.45, 2.75) is 45.6 Å². The summed E-state index contributed by atoms with van der Waals surface area (Å²) in [5.41, 5.74) is 0. The summed E-state index contributed by atoms with van der Waals surface area (Å²) in [4.78, 5) is 4.82. The van der Waals surface area contributed by atoms with E-state index in [9.17, 15) is 5.11 Å². The number of β-amino-alcohol motifs (C(OH)–C–C–N with tert-alkyl or cyclic N) is 1. The number of aliphatic hydroxyl groups excluding tert-OH is 1. The molecule has 1 aliphatic rings. The van der Waals surface area contributed by atoms with E-state index in [2.05, 4.69) is 29.0 Å². The van der Waals surface area contributed by atoms with E-state index in [-0.39, 0.29) is 6.10 Å². The maximum absolute atomic E-state index is 10.3. The fourth-order valence-corrected chi connectivity index (χ4v) is 2.61. The van der Waals surface area contributed by atoms with Gasteiger partial charge >= 0.3 is 0 Å². The van der Waals surface area contributed by atoms with Crippen molar-refractivity contribution >= 4 is 0 Å². The molecule has 0 spiro atoms. The van der Waals surface area contributed by atoms with Gasteiger partial charge in [-0.1, -0.05) is 26.7 Å². The molecule has 1 saturated heterocycles. The molecule has 0 unspecified atom stereocenters. The monoisotopic (exact) mass is 271 g/mol. The van der Waals surface area contributed by atoms with Crippen LogP contribution in [-0.2, 0) is 0 Å². The van der Waals surface area contributed by atoms with Crippen molar-refractivity contribution in [1.29, 1.82) is 0 Å². The van der Waals surface area contributed by atoms with Gasteiger partial charge in [0.1, 0.15) is 0 Å². The lowest BCUT2D eigenvalue weighted by molar-refractivity contribution is 0.0684. The summed E-state index contributed by atoms with van der Waals surface area (Å²) in [5.74, 6) is 0. The maximum atomic E-state index is 10.3. The topological polar surface area (TPSA) is 38.7 Å². The Morgan fingerprint density at radius 2 is 1.68 bits per heavy atom. The van der Waals surface area contributed by atoms with Gasteiger partial charge in [0.15, 0.2) is 0 Å². The maximum Gasteiger partial charge on any atom is 0.0793 e. The molecule has 0 aromatic rings. The van der Waals surface area contributed by atoms with Crippen LogP contribution in [0.2, 0.25) is 0 Å². The summed E-state index contributed by atoms with van der Waals surface area (Å²) >= 11 is 0. The zero-order valence-electron chi connectivity index (χ0n) is 12.9. The molecule has 114 valence electrons. The first kappa shape index (κ1) is 16.9. The summed E-state index contributed by atoms with van der Waals surface area (Å²) < 4.78 is 0. The van der Waals surface area contributed by atoms with E-state index in [1.54, 1.807) is 0 Å². The standard InChI is InChI=1S/C15H33N3O/c1-3-5-9-17(10-6-4-2)13-15(19)14-18-11-7-16-8-12-18/h15-16,19H,3-14H2,1-2H3/t15-/m0/s1. The Morgan fingerprint density at radius 3 is 2.21 bits per heavy atom. The molecule has 0 aromatic carbocycles. The van der Waals surface area contributed by atoms with Gasteiger partial charge in [0.2, 0.25) is 0 Å². The third-order valence-electron chi connectivity index (χ3n) is 3.80. The van der Waals surface area contributed by atoms with E-state index >= 15 is 0 Å². The molecular formula is C15H33N3O. The SMILES string of the molecule is CCCCN(CCCC)C[C@H](O)CN1CCNCC1. The number of piperazine rings is 1. The van der Waals surface area contributed by atoms with Crippen LogP contribution in [0.15, 0.2) is 0 Å². The molecule has 1 rings (SSSR count). The Kier molecular flexibility index (Phi) is 9.43. The van der Waals surface area contributed by atoms with Crippen molar-refractivity contribution in [2.24, 2.45) is 0 Å². The Bertz CT molecular complexity index is 200. The molecule has 0 aromatic heterocycles. The zero-order valence-corrected chi connectivity index (χ0v) is 12.9. The van der Waals surface area contributed by atoms with Crippen LogP contribution >= 0.6 is 0 Å². The van der Waals surface area contributed by atoms with E-state index in [4.69, 9.17) is 0 Å². The second-order valence-electron chi connectivity index (χ2n) is 5.71. The highest BCUT2D eigenvalue weighted by Crippen LogP contribution is 2.03. The van der Waals surface area contributed by atoms with E-state index in [0.29, 0.717) is 0 Å². The molecule has 0 saturated carbocycles. The molecule has 0 bridgehead atoms. The number of hydrogen-bond acceptors (Lipinski definition) is 4. The van der Waals surface area contributed by atoms with Crippen molar-refractivity contribution in [1.82, 2.24) is 15.1 Å². The van der Waals surface area contributed by atoms with Crippen LogP contribution in [0.25, 0.3) is 0 Å². The molecule has 1 heterocycles. The van der Waals surface area contributed by atoms with Gasteiger partial charge in [-0.25, -0.2) is 0 Å². The van der Waals surface area contributed by atoms with Crippen molar-refractivity contribution in [3.8, 4) is 0 Å². The van der Waals surface area contributed by atoms with E-state index in [0.717, 1.165) is 52.4 Å². The summed E-state index contributed by atoms with van der Waals surface area (Å²) in [7, 11) is 0. The van der Waals surface area contributed by atoms with Gasteiger partial charge in [-0.05, 0) is 25.9 Å². The molecule has 1 aliphatic heterocycles. The van der Waals surface area contributed by atoms with Gasteiger partial charge in [-0.15, -0.1) is 0 Å². The average Bonchev–Trinajstić information content (AvgIpc) is 2.43. The lowest BCUT2D eigenvalue weighted by atomic mass is 10.2. The van der Waals surface area contributed by atoms with Crippen LogP contribution in [-0.4, -0.2) is 73.4 Å². The number of hydrogen-bond donors (Lipinski definition) is 2. The predicted octanol–water partition coefficient (Wildman–Crippen LogP) is 1.15. The van der Waals surface area contributed by atoms with Crippen molar-refractivity contribution in [3.63, 3.8) is 0 Å². The minimum atomic E-state index is -0.202. The summed E-state index contributed by atoms with van der Waals surface area (Å²) in [6, 6.07) is 0. The third-order valence-corrected chi connectivity index (χ3v) is 3.80. The minimum absolute atomic E-state index is 0.202. The van der Waals surface area contributed by atoms with E-state index in [1.807, 2.05) is 0 Å². The van der Waals surface area contributed by atoms with E-state index < -0.39 is 0 Å². The second kappa shape index (κ2) is 10.6. The lowest BCUT2D eigenvalue weighted by Crippen LogP contribution is -2.48. The van der Waals surface area contributed by atoms with Gasteiger partial charge in [0, 0.05) is 39.3 Å². The largest absolute Gasteiger partial charge is 0.390 e. The number of nitrogens with one attached hydrogen (secondary N) is 1. The Morgan fingerprint density at radius 1 is 1.11 bits per heavy atom. The number of unbranched alkanes of at least 4 members (excludes halogenated alkanes) is 2. The van der Waals surface area contributed by atoms with Gasteiger partial charge in [-0.2, -0.15) is 0 Å². The molecule has 2 N–H and O–H groups in total. The van der Waals surface area contributed by atoms with Crippen molar-refractivity contribution in [3.05, 3.63) is 0 Å². The van der Waals surface area contributed by atoms with Crippen LogP contribution in [0.5, 0.6) is 0 Å². The second-order valence-corrected chi connectivity index (χ2v) is 5.71. The van der Waals surface area contributed by atoms with E-state index in [1.165, 1.54) is 25.7 Å². The number of nitrogens with zero attached hydrogens (tertiary/aromatic N) is 2. The first-order valence-corrected chi connectivity index (χ1v) is 8.09.